The molecule has 1 atom stereocenters. The number of likely N-dealkylation sites (N-methyl/N-ethyl adjacent to an activating group) is 1. The maximum Gasteiger partial charge on any atom is 0.321 e. The molecule has 1 aliphatic carbocycles. The second kappa shape index (κ2) is 9.05. The molecule has 1 aliphatic heterocycles. The molecule has 34 heavy (non-hydrogen) atoms. The number of para-hydroxylation sites is 1. The summed E-state index contributed by atoms with van der Waals surface area (Å²) in [5.41, 5.74) is 1.46. The van der Waals surface area contributed by atoms with E-state index in [9.17, 15) is 9.59 Å². The van der Waals surface area contributed by atoms with Crippen LogP contribution in [0.1, 0.15) is 37.7 Å². The van der Waals surface area contributed by atoms with E-state index >= 15 is 0 Å². The number of tetrazole rings is 1. The summed E-state index contributed by atoms with van der Waals surface area (Å²) in [5, 5.41) is 19.8. The molecule has 10 nitrogen and oxygen atoms in total. The minimum absolute atomic E-state index is 0.0989. The summed E-state index contributed by atoms with van der Waals surface area (Å²) in [7, 11) is 1.74. The minimum atomic E-state index is -1.39. The van der Waals surface area contributed by atoms with E-state index in [4.69, 9.17) is 4.99 Å². The summed E-state index contributed by atoms with van der Waals surface area (Å²) in [6, 6.07) is 14.2. The van der Waals surface area contributed by atoms with Gasteiger partial charge in [0.2, 0.25) is 11.5 Å². The highest BCUT2D eigenvalue weighted by Crippen LogP contribution is 2.38. The number of aromatic amines is 1. The number of hydrogen-bond acceptors (Lipinski definition) is 6. The summed E-state index contributed by atoms with van der Waals surface area (Å²) in [6.45, 7) is 0. The number of fused-ring (bicyclic) bond motifs is 1. The van der Waals surface area contributed by atoms with Gasteiger partial charge in [0.25, 0.3) is 5.91 Å². The van der Waals surface area contributed by atoms with E-state index in [0.717, 1.165) is 43.4 Å². The van der Waals surface area contributed by atoms with Crippen molar-refractivity contribution in [1.29, 1.82) is 0 Å². The molecule has 0 bridgehead atoms. The van der Waals surface area contributed by atoms with E-state index in [-0.39, 0.29) is 11.8 Å². The molecular weight excluding hydrogens is 432 g/mol. The molecule has 1 aromatic heterocycles. The van der Waals surface area contributed by atoms with Crippen molar-refractivity contribution in [2.75, 3.05) is 17.3 Å². The van der Waals surface area contributed by atoms with Gasteiger partial charge in [0.1, 0.15) is 0 Å². The van der Waals surface area contributed by atoms with Gasteiger partial charge in [-0.1, -0.05) is 49.6 Å². The van der Waals surface area contributed by atoms with E-state index < -0.39 is 11.7 Å². The van der Waals surface area contributed by atoms with E-state index in [1.807, 2.05) is 30.3 Å². The van der Waals surface area contributed by atoms with Crippen molar-refractivity contribution in [1.82, 2.24) is 25.9 Å². The van der Waals surface area contributed by atoms with Crippen LogP contribution < -0.4 is 15.5 Å². The van der Waals surface area contributed by atoms with Gasteiger partial charge in [0.05, 0.1) is 5.69 Å². The summed E-state index contributed by atoms with van der Waals surface area (Å²) in [4.78, 5) is 33.5. The van der Waals surface area contributed by atoms with Crippen molar-refractivity contribution in [3.63, 3.8) is 0 Å². The molecule has 3 aromatic rings. The SMILES string of the molecule is CN1C(=O)C(NC(=O)Nc2cccc(-c3nn[nH]n3)c2)(C2CCCCC2)N=Cc2ccccc21. The van der Waals surface area contributed by atoms with Gasteiger partial charge in [0, 0.05) is 36.0 Å². The van der Waals surface area contributed by atoms with Crippen LogP contribution in [0.25, 0.3) is 11.4 Å². The molecular formula is C24H26N8O2. The molecule has 0 radical (unpaired) electrons. The lowest BCUT2D eigenvalue weighted by atomic mass is 9.79. The lowest BCUT2D eigenvalue weighted by Crippen LogP contribution is -2.63. The number of H-pyrrole nitrogens is 1. The van der Waals surface area contributed by atoms with Crippen LogP contribution in [0.4, 0.5) is 16.2 Å². The number of amides is 3. The van der Waals surface area contributed by atoms with Crippen molar-refractivity contribution in [3.05, 3.63) is 54.1 Å². The van der Waals surface area contributed by atoms with Gasteiger partial charge >= 0.3 is 6.03 Å². The number of hydrogen-bond donors (Lipinski definition) is 3. The Labute approximate surface area is 196 Å². The molecule has 1 saturated carbocycles. The number of nitrogens with zero attached hydrogens (tertiary/aromatic N) is 5. The Morgan fingerprint density at radius 2 is 1.94 bits per heavy atom. The number of benzodiazepines with no additional fused rings is 1. The first-order chi connectivity index (χ1) is 16.6. The molecule has 0 spiro atoms. The molecule has 5 rings (SSSR count). The van der Waals surface area contributed by atoms with Crippen molar-refractivity contribution < 1.29 is 9.59 Å². The zero-order chi connectivity index (χ0) is 23.5. The molecule has 1 fully saturated rings. The third-order valence-electron chi connectivity index (χ3n) is 6.56. The number of anilines is 2. The van der Waals surface area contributed by atoms with Crippen molar-refractivity contribution >= 4 is 29.5 Å². The van der Waals surface area contributed by atoms with Gasteiger partial charge in [-0.3, -0.25) is 9.79 Å². The lowest BCUT2D eigenvalue weighted by Gasteiger charge is -2.40. The molecule has 1 unspecified atom stereocenters. The standard InChI is InChI=1S/C24H26N8O2/c1-32-20-13-6-5-8-17(20)15-25-24(22(32)33,18-10-3-2-4-11-18)27-23(34)26-19-12-7-9-16(14-19)21-28-30-31-29-21/h5-9,12-15,18H,2-4,10-11H2,1H3,(H2,26,27,34)(H,28,29,30,31). The molecule has 174 valence electrons. The maximum absolute atomic E-state index is 13.9. The van der Waals surface area contributed by atoms with Gasteiger partial charge in [-0.2, -0.15) is 5.21 Å². The largest absolute Gasteiger partial charge is 0.321 e. The Kier molecular flexibility index (Phi) is 5.79. The molecule has 2 aromatic carbocycles. The van der Waals surface area contributed by atoms with Gasteiger partial charge in [-0.25, -0.2) is 4.79 Å². The van der Waals surface area contributed by atoms with Gasteiger partial charge in [-0.15, -0.1) is 10.2 Å². The first-order valence-electron chi connectivity index (χ1n) is 11.4. The van der Waals surface area contributed by atoms with Crippen LogP contribution in [0.15, 0.2) is 53.5 Å². The van der Waals surface area contributed by atoms with Gasteiger partial charge < -0.3 is 15.5 Å². The Balaban J connectivity index is 1.45. The number of benzene rings is 2. The van der Waals surface area contributed by atoms with Crippen LogP contribution in [0.5, 0.6) is 0 Å². The molecule has 3 N–H and O–H groups in total. The third kappa shape index (κ3) is 4.02. The second-order valence-electron chi connectivity index (χ2n) is 8.68. The highest BCUT2D eigenvalue weighted by atomic mass is 16.2. The number of aliphatic imine (C=N–C) groups is 1. The number of urea groups is 1. The minimum Gasteiger partial charge on any atom is -0.311 e. The van der Waals surface area contributed by atoms with Crippen molar-refractivity contribution in [2.24, 2.45) is 10.9 Å². The number of carbonyl (C=O) groups excluding carboxylic acids is 2. The van der Waals surface area contributed by atoms with Crippen LogP contribution in [-0.2, 0) is 4.79 Å². The summed E-state index contributed by atoms with van der Waals surface area (Å²) in [6.07, 6.45) is 6.48. The van der Waals surface area contributed by atoms with E-state index in [1.165, 1.54) is 0 Å². The van der Waals surface area contributed by atoms with Crippen molar-refractivity contribution in [2.45, 2.75) is 37.8 Å². The second-order valence-corrected chi connectivity index (χ2v) is 8.68. The number of nitrogens with one attached hydrogen (secondary N) is 3. The lowest BCUT2D eigenvalue weighted by molar-refractivity contribution is -0.126. The normalized spacial score (nSPS) is 20.5. The van der Waals surface area contributed by atoms with Crippen LogP contribution in [0.3, 0.4) is 0 Å². The Hall–Kier alpha value is -4.08. The summed E-state index contributed by atoms with van der Waals surface area (Å²) < 4.78 is 0. The molecule has 10 heteroatoms. The highest BCUT2D eigenvalue weighted by Gasteiger charge is 2.49. The summed E-state index contributed by atoms with van der Waals surface area (Å²) >= 11 is 0. The van der Waals surface area contributed by atoms with Gasteiger partial charge in [-0.05, 0) is 36.3 Å². The van der Waals surface area contributed by atoms with E-state index in [0.29, 0.717) is 17.1 Å². The fourth-order valence-corrected chi connectivity index (χ4v) is 4.84. The number of carbonyl (C=O) groups is 2. The van der Waals surface area contributed by atoms with Crippen molar-refractivity contribution in [3.8, 4) is 11.4 Å². The van der Waals surface area contributed by atoms with E-state index in [1.54, 1.807) is 36.4 Å². The number of rotatable bonds is 4. The summed E-state index contributed by atoms with van der Waals surface area (Å²) in [5.74, 6) is 0.0835. The average Bonchev–Trinajstić information content (AvgIpc) is 3.39. The average molecular weight is 459 g/mol. The zero-order valence-corrected chi connectivity index (χ0v) is 18.9. The van der Waals surface area contributed by atoms with Crippen LogP contribution >= 0.6 is 0 Å². The molecule has 0 saturated heterocycles. The predicted octanol–water partition coefficient (Wildman–Crippen LogP) is 3.36. The first kappa shape index (κ1) is 21.7. The Morgan fingerprint density at radius 1 is 1.12 bits per heavy atom. The van der Waals surface area contributed by atoms with Gasteiger partial charge in [0.15, 0.2) is 0 Å². The Morgan fingerprint density at radius 3 is 2.74 bits per heavy atom. The van der Waals surface area contributed by atoms with Crippen LogP contribution in [-0.4, -0.2) is 51.5 Å². The fourth-order valence-electron chi connectivity index (χ4n) is 4.84. The number of aromatic nitrogens is 4. The van der Waals surface area contributed by atoms with Crippen LogP contribution in [0, 0.1) is 5.92 Å². The smallest absolute Gasteiger partial charge is 0.311 e. The topological polar surface area (TPSA) is 128 Å². The molecule has 3 amide bonds. The maximum atomic E-state index is 13.9. The fraction of sp³-hybridized carbons (Fsp3) is 0.333. The molecule has 2 aliphatic rings. The van der Waals surface area contributed by atoms with Crippen LogP contribution in [0.2, 0.25) is 0 Å². The quantitative estimate of drug-likeness (QED) is 0.552. The van der Waals surface area contributed by atoms with E-state index in [2.05, 4.69) is 31.3 Å². The molecule has 2 heterocycles. The highest BCUT2D eigenvalue weighted by molar-refractivity contribution is 6.09. The first-order valence-corrected chi connectivity index (χ1v) is 11.4. The predicted molar refractivity (Wildman–Crippen MR) is 129 cm³/mol. The zero-order valence-electron chi connectivity index (χ0n) is 18.9. The monoisotopic (exact) mass is 458 g/mol. The third-order valence-corrected chi connectivity index (χ3v) is 6.56. The Bertz CT molecular complexity index is 1220.